The normalized spacial score (nSPS) is 17.4. The highest BCUT2D eigenvalue weighted by Crippen LogP contribution is 2.21. The van der Waals surface area contributed by atoms with Crippen molar-refractivity contribution in [2.45, 2.75) is 52.1 Å². The Hall–Kier alpha value is -0.880. The lowest BCUT2D eigenvalue weighted by molar-refractivity contribution is 0.219. The van der Waals surface area contributed by atoms with Gasteiger partial charge in [-0.3, -0.25) is 4.79 Å². The Labute approximate surface area is 134 Å². The van der Waals surface area contributed by atoms with Crippen molar-refractivity contribution in [1.29, 1.82) is 0 Å². The second-order valence-corrected chi connectivity index (χ2v) is 6.77. The zero-order chi connectivity index (χ0) is 15.4. The molecule has 1 saturated heterocycles. The summed E-state index contributed by atoms with van der Waals surface area (Å²) in [5.41, 5.74) is 0.740. The van der Waals surface area contributed by atoms with Gasteiger partial charge in [0.2, 0.25) is 0 Å². The Morgan fingerprint density at radius 2 is 2.10 bits per heavy atom. The maximum atomic E-state index is 12.2. The highest BCUT2D eigenvalue weighted by Gasteiger charge is 2.20. The molecule has 1 aliphatic rings. The Balaban J connectivity index is 2.01. The molecule has 1 N–H and O–H groups in total. The number of hydrogen-bond acceptors (Lipinski definition) is 4. The molecule has 0 amide bonds. The summed E-state index contributed by atoms with van der Waals surface area (Å²) in [5, 5.41) is 7.72. The van der Waals surface area contributed by atoms with Crippen LogP contribution in [0.3, 0.4) is 0 Å². The van der Waals surface area contributed by atoms with Crippen LogP contribution < -0.4 is 10.9 Å². The molecule has 0 radical (unpaired) electrons. The summed E-state index contributed by atoms with van der Waals surface area (Å²) in [7, 11) is 0. The quantitative estimate of drug-likeness (QED) is 0.881. The van der Waals surface area contributed by atoms with E-state index in [1.165, 1.54) is 17.6 Å². The first-order chi connectivity index (χ1) is 10.0. The van der Waals surface area contributed by atoms with Gasteiger partial charge in [-0.25, -0.2) is 4.68 Å². The van der Waals surface area contributed by atoms with Crippen molar-refractivity contribution in [1.82, 2.24) is 14.7 Å². The molecule has 2 rings (SSSR count). The van der Waals surface area contributed by atoms with Gasteiger partial charge in [-0.05, 0) is 55.6 Å². The second kappa shape index (κ2) is 7.40. The number of rotatable bonds is 5. The van der Waals surface area contributed by atoms with Gasteiger partial charge in [-0.1, -0.05) is 6.92 Å². The molecular weight excluding hydrogens is 332 g/mol. The number of aromatic nitrogens is 2. The third kappa shape index (κ3) is 4.07. The SMILES string of the molecule is CCCN1CCC(Nc2cnn(C(C)C)c(=O)c2Br)CC1. The molecule has 5 nitrogen and oxygen atoms in total. The first-order valence-corrected chi connectivity index (χ1v) is 8.58. The van der Waals surface area contributed by atoms with Crippen molar-refractivity contribution in [2.24, 2.45) is 0 Å². The second-order valence-electron chi connectivity index (χ2n) is 5.98. The number of piperidine rings is 1. The molecule has 0 aliphatic carbocycles. The largest absolute Gasteiger partial charge is 0.380 e. The summed E-state index contributed by atoms with van der Waals surface area (Å²) in [5.74, 6) is 0. The lowest BCUT2D eigenvalue weighted by Gasteiger charge is -2.32. The van der Waals surface area contributed by atoms with Crippen LogP contribution >= 0.6 is 15.9 Å². The van der Waals surface area contributed by atoms with E-state index in [0.717, 1.165) is 31.6 Å². The molecule has 118 valence electrons. The molecule has 0 unspecified atom stereocenters. The van der Waals surface area contributed by atoms with E-state index in [1.807, 2.05) is 13.8 Å². The Morgan fingerprint density at radius 3 is 2.67 bits per heavy atom. The van der Waals surface area contributed by atoms with Crippen molar-refractivity contribution in [2.75, 3.05) is 25.0 Å². The van der Waals surface area contributed by atoms with Gasteiger partial charge >= 0.3 is 0 Å². The number of nitrogens with zero attached hydrogens (tertiary/aromatic N) is 3. The van der Waals surface area contributed by atoms with Crippen LogP contribution in [-0.2, 0) is 0 Å². The fraction of sp³-hybridized carbons (Fsp3) is 0.733. The third-order valence-electron chi connectivity index (χ3n) is 3.92. The summed E-state index contributed by atoms with van der Waals surface area (Å²) >= 11 is 3.42. The average Bonchev–Trinajstić information content (AvgIpc) is 2.46. The summed E-state index contributed by atoms with van der Waals surface area (Å²) in [6.07, 6.45) is 5.18. The van der Waals surface area contributed by atoms with Crippen LogP contribution in [-0.4, -0.2) is 40.4 Å². The minimum Gasteiger partial charge on any atom is -0.380 e. The molecule has 2 heterocycles. The van der Waals surface area contributed by atoms with Gasteiger partial charge < -0.3 is 10.2 Å². The molecule has 21 heavy (non-hydrogen) atoms. The standard InChI is InChI=1S/C15H25BrN4O/c1-4-7-19-8-5-12(6-9-19)18-13-10-17-20(11(2)3)15(21)14(13)16/h10-12,18H,4-9H2,1-3H3. The Morgan fingerprint density at radius 1 is 1.43 bits per heavy atom. The Kier molecular flexibility index (Phi) is 5.81. The van der Waals surface area contributed by atoms with E-state index in [9.17, 15) is 4.79 Å². The predicted octanol–water partition coefficient (Wildman–Crippen LogP) is 2.87. The van der Waals surface area contributed by atoms with Crippen LogP contribution in [0.4, 0.5) is 5.69 Å². The van der Waals surface area contributed by atoms with Gasteiger partial charge in [0.25, 0.3) is 5.56 Å². The van der Waals surface area contributed by atoms with E-state index in [2.05, 4.69) is 38.2 Å². The van der Waals surface area contributed by atoms with E-state index < -0.39 is 0 Å². The molecule has 0 spiro atoms. The number of hydrogen-bond donors (Lipinski definition) is 1. The molecule has 0 bridgehead atoms. The first kappa shape index (κ1) is 16.5. The van der Waals surface area contributed by atoms with Crippen molar-refractivity contribution < 1.29 is 0 Å². The molecule has 1 aromatic rings. The molecular formula is C15H25BrN4O. The van der Waals surface area contributed by atoms with E-state index in [1.54, 1.807) is 6.20 Å². The van der Waals surface area contributed by atoms with Crippen LogP contribution in [0.25, 0.3) is 0 Å². The van der Waals surface area contributed by atoms with Gasteiger partial charge in [-0.15, -0.1) is 0 Å². The summed E-state index contributed by atoms with van der Waals surface area (Å²) in [6.45, 7) is 9.56. The number of anilines is 1. The van der Waals surface area contributed by atoms with E-state index in [-0.39, 0.29) is 11.6 Å². The maximum Gasteiger partial charge on any atom is 0.283 e. The van der Waals surface area contributed by atoms with Crippen LogP contribution in [0.1, 0.15) is 46.1 Å². The lowest BCUT2D eigenvalue weighted by Crippen LogP contribution is -2.39. The van der Waals surface area contributed by atoms with Crippen molar-refractivity contribution in [3.63, 3.8) is 0 Å². The lowest BCUT2D eigenvalue weighted by atomic mass is 10.0. The predicted molar refractivity (Wildman–Crippen MR) is 90.0 cm³/mol. The van der Waals surface area contributed by atoms with Crippen molar-refractivity contribution in [3.8, 4) is 0 Å². The first-order valence-electron chi connectivity index (χ1n) is 7.79. The maximum absolute atomic E-state index is 12.2. The zero-order valence-corrected chi connectivity index (χ0v) is 14.7. The molecule has 0 saturated carbocycles. The van der Waals surface area contributed by atoms with Crippen LogP contribution in [0.15, 0.2) is 15.5 Å². The summed E-state index contributed by atoms with van der Waals surface area (Å²) in [4.78, 5) is 14.7. The fourth-order valence-corrected chi connectivity index (χ4v) is 3.15. The zero-order valence-electron chi connectivity index (χ0n) is 13.1. The minimum absolute atomic E-state index is 0.0696. The van der Waals surface area contributed by atoms with Crippen molar-refractivity contribution in [3.05, 3.63) is 21.0 Å². The van der Waals surface area contributed by atoms with Gasteiger partial charge in [0.05, 0.1) is 17.9 Å². The van der Waals surface area contributed by atoms with Crippen LogP contribution in [0, 0.1) is 0 Å². The molecule has 1 aromatic heterocycles. The molecule has 1 fully saturated rings. The topological polar surface area (TPSA) is 50.2 Å². The van der Waals surface area contributed by atoms with E-state index >= 15 is 0 Å². The summed E-state index contributed by atoms with van der Waals surface area (Å²) < 4.78 is 2.08. The number of likely N-dealkylation sites (tertiary alicyclic amines) is 1. The van der Waals surface area contributed by atoms with Crippen molar-refractivity contribution >= 4 is 21.6 Å². The molecule has 6 heteroatoms. The highest BCUT2D eigenvalue weighted by molar-refractivity contribution is 9.10. The molecule has 0 atom stereocenters. The monoisotopic (exact) mass is 356 g/mol. The van der Waals surface area contributed by atoms with E-state index in [4.69, 9.17) is 0 Å². The van der Waals surface area contributed by atoms with E-state index in [0.29, 0.717) is 10.5 Å². The average molecular weight is 357 g/mol. The van der Waals surface area contributed by atoms with Crippen LogP contribution in [0.2, 0.25) is 0 Å². The Bertz CT molecular complexity index is 521. The third-order valence-corrected chi connectivity index (χ3v) is 4.69. The number of halogens is 1. The fourth-order valence-electron chi connectivity index (χ4n) is 2.75. The van der Waals surface area contributed by atoms with Crippen LogP contribution in [0.5, 0.6) is 0 Å². The summed E-state index contributed by atoms with van der Waals surface area (Å²) in [6, 6.07) is 0.491. The highest BCUT2D eigenvalue weighted by atomic mass is 79.9. The van der Waals surface area contributed by atoms with Gasteiger partial charge in [0.1, 0.15) is 4.47 Å². The smallest absolute Gasteiger partial charge is 0.283 e. The van der Waals surface area contributed by atoms with Gasteiger partial charge in [0, 0.05) is 19.1 Å². The molecule has 0 aromatic carbocycles. The molecule has 1 aliphatic heterocycles. The minimum atomic E-state index is -0.0709. The number of nitrogens with one attached hydrogen (secondary N) is 1. The van der Waals surface area contributed by atoms with Gasteiger partial charge in [-0.2, -0.15) is 5.10 Å². The van der Waals surface area contributed by atoms with Gasteiger partial charge in [0.15, 0.2) is 0 Å².